The van der Waals surface area contributed by atoms with Gasteiger partial charge in [-0.3, -0.25) is 4.79 Å². The number of allylic oxidation sites excluding steroid dienone is 5. The summed E-state index contributed by atoms with van der Waals surface area (Å²) in [6, 6.07) is 0. The highest BCUT2D eigenvalue weighted by Crippen LogP contribution is 2.38. The van der Waals surface area contributed by atoms with E-state index in [4.69, 9.17) is 23.4 Å². The normalized spacial score (nSPS) is 22.7. The lowest BCUT2D eigenvalue weighted by Crippen LogP contribution is -2.47. The van der Waals surface area contributed by atoms with E-state index in [2.05, 4.69) is 46.9 Å². The first-order valence-corrected chi connectivity index (χ1v) is 20.2. The minimum Gasteiger partial charge on any atom is -0.455 e. The van der Waals surface area contributed by atoms with Crippen LogP contribution in [0.2, 0.25) is 18.1 Å². The molecule has 2 unspecified atom stereocenters. The summed E-state index contributed by atoms with van der Waals surface area (Å²) in [6.07, 6.45) is 21.5. The van der Waals surface area contributed by atoms with E-state index >= 15 is 0 Å². The Balaban J connectivity index is 3.10. The lowest BCUT2D eigenvalue weighted by molar-refractivity contribution is -0.174. The van der Waals surface area contributed by atoms with Crippen molar-refractivity contribution < 1.29 is 33.3 Å². The average Bonchev–Trinajstić information content (AvgIpc) is 2.95. The van der Waals surface area contributed by atoms with Crippen molar-refractivity contribution in [3.8, 4) is 0 Å². The van der Waals surface area contributed by atoms with Crippen LogP contribution in [-0.4, -0.2) is 63.0 Å². The van der Waals surface area contributed by atoms with Gasteiger partial charge in [-0.1, -0.05) is 96.1 Å². The van der Waals surface area contributed by atoms with Gasteiger partial charge in [0.1, 0.15) is 12.2 Å². The molecule has 0 radical (unpaired) electrons. The molecule has 0 aromatic rings. The minimum absolute atomic E-state index is 0.0130. The number of esters is 1. The fourth-order valence-electron chi connectivity index (χ4n) is 4.33. The van der Waals surface area contributed by atoms with Gasteiger partial charge in [-0.2, -0.15) is 0 Å². The van der Waals surface area contributed by atoms with E-state index < -0.39 is 44.6 Å². The zero-order valence-corrected chi connectivity index (χ0v) is 32.0. The summed E-state index contributed by atoms with van der Waals surface area (Å²) in [4.78, 5) is 12.8. The highest BCUT2D eigenvalue weighted by atomic mass is 28.4. The third-order valence-corrected chi connectivity index (χ3v) is 12.9. The van der Waals surface area contributed by atoms with E-state index in [1.54, 1.807) is 6.08 Å². The second-order valence-electron chi connectivity index (χ2n) is 14.8. The molecular weight excluding hydrogens is 596 g/mol. The standard InChI is InChI=1S/C38H66O7Si/c1-13-15-16-17-18-19-20-21-22-24-31(39)29(3)32(42-30(4)41-14-2)25-23-26-33-34(44-36(40)37(5,6)7)27-28-35(43-33)45-46(11,12)38(8,9)10/h18-24,26-35,39H,13-17,25H2,1-12H3/b19-18+,21-20-,24-22-,26-23+/t29-,30?,31-,32-,33-,34-,35?/m0/s1. The second-order valence-corrected chi connectivity index (χ2v) is 19.5. The summed E-state index contributed by atoms with van der Waals surface area (Å²) in [7, 11) is -2.12. The van der Waals surface area contributed by atoms with Crippen molar-refractivity contribution in [3.05, 3.63) is 60.8 Å². The van der Waals surface area contributed by atoms with Crippen LogP contribution in [0.15, 0.2) is 60.8 Å². The van der Waals surface area contributed by atoms with Crippen molar-refractivity contribution in [1.29, 1.82) is 0 Å². The monoisotopic (exact) mass is 662 g/mol. The summed E-state index contributed by atoms with van der Waals surface area (Å²) >= 11 is 0. The Hall–Kier alpha value is -1.81. The molecule has 0 saturated heterocycles. The van der Waals surface area contributed by atoms with E-state index in [9.17, 15) is 9.90 Å². The fraction of sp³-hybridized carbons (Fsp3) is 0.711. The van der Waals surface area contributed by atoms with Crippen LogP contribution in [0.3, 0.4) is 0 Å². The Labute approximate surface area is 282 Å². The van der Waals surface area contributed by atoms with Crippen molar-refractivity contribution in [2.75, 3.05) is 6.61 Å². The maximum absolute atomic E-state index is 12.8. The molecule has 1 aliphatic heterocycles. The van der Waals surface area contributed by atoms with Crippen LogP contribution in [0.4, 0.5) is 0 Å². The fourth-order valence-corrected chi connectivity index (χ4v) is 5.40. The number of rotatable bonds is 19. The van der Waals surface area contributed by atoms with Crippen LogP contribution < -0.4 is 0 Å². The number of ether oxygens (including phenoxy) is 4. The van der Waals surface area contributed by atoms with Gasteiger partial charge in [0, 0.05) is 12.5 Å². The lowest BCUT2D eigenvalue weighted by Gasteiger charge is -2.40. The zero-order chi connectivity index (χ0) is 35.0. The average molecular weight is 663 g/mol. The molecule has 0 aromatic heterocycles. The maximum atomic E-state index is 12.8. The number of carbonyl (C=O) groups is 1. The molecule has 0 saturated carbocycles. The molecule has 7 nitrogen and oxygen atoms in total. The van der Waals surface area contributed by atoms with Crippen molar-refractivity contribution in [1.82, 2.24) is 0 Å². The molecule has 46 heavy (non-hydrogen) atoms. The topological polar surface area (TPSA) is 83.5 Å². The summed E-state index contributed by atoms with van der Waals surface area (Å²) in [6.45, 7) is 24.9. The molecule has 0 bridgehead atoms. The molecule has 0 amide bonds. The van der Waals surface area contributed by atoms with Gasteiger partial charge in [-0.25, -0.2) is 0 Å². The van der Waals surface area contributed by atoms with Gasteiger partial charge in [0.05, 0.1) is 17.6 Å². The van der Waals surface area contributed by atoms with Crippen LogP contribution in [0.5, 0.6) is 0 Å². The Morgan fingerprint density at radius 2 is 1.65 bits per heavy atom. The first kappa shape index (κ1) is 42.2. The number of hydrogen-bond donors (Lipinski definition) is 1. The quantitative estimate of drug-likeness (QED) is 0.0369. The molecule has 0 fully saturated rings. The van der Waals surface area contributed by atoms with Crippen LogP contribution >= 0.6 is 0 Å². The summed E-state index contributed by atoms with van der Waals surface area (Å²) in [5.74, 6) is -0.526. The Kier molecular flexibility index (Phi) is 18.8. The minimum atomic E-state index is -2.12. The third kappa shape index (κ3) is 15.9. The van der Waals surface area contributed by atoms with Crippen molar-refractivity contribution in [2.24, 2.45) is 11.3 Å². The zero-order valence-electron chi connectivity index (χ0n) is 31.0. The van der Waals surface area contributed by atoms with Crippen molar-refractivity contribution >= 4 is 14.3 Å². The van der Waals surface area contributed by atoms with E-state index in [1.165, 1.54) is 19.3 Å². The summed E-state index contributed by atoms with van der Waals surface area (Å²) in [5.41, 5.74) is -0.649. The number of hydrogen-bond acceptors (Lipinski definition) is 7. The van der Waals surface area contributed by atoms with Gasteiger partial charge in [0.25, 0.3) is 0 Å². The summed E-state index contributed by atoms with van der Waals surface area (Å²) in [5, 5.41) is 11.0. The van der Waals surface area contributed by atoms with E-state index in [1.807, 2.05) is 90.2 Å². The molecule has 1 N–H and O–H groups in total. The molecular formula is C38H66O7Si. The van der Waals surface area contributed by atoms with E-state index in [0.29, 0.717) is 13.0 Å². The first-order chi connectivity index (χ1) is 21.4. The van der Waals surface area contributed by atoms with Gasteiger partial charge in [0.15, 0.2) is 20.9 Å². The van der Waals surface area contributed by atoms with Crippen LogP contribution in [0, 0.1) is 11.3 Å². The second kappa shape index (κ2) is 20.5. The molecule has 0 aromatic carbocycles. The van der Waals surface area contributed by atoms with Crippen molar-refractivity contribution in [3.63, 3.8) is 0 Å². The SMILES string of the molecule is CCCCC/C=C/C=C\C=C/[C@H](O)[C@H](C)[C@H](C/C=C/[C@@H]1OC(O[Si](C)(C)C(C)(C)C)C=C[C@@H]1OC(=O)C(C)(C)C)OC(C)OCC. The largest absolute Gasteiger partial charge is 0.455 e. The smallest absolute Gasteiger partial charge is 0.311 e. The van der Waals surface area contributed by atoms with Crippen LogP contribution in [-0.2, 0) is 28.2 Å². The van der Waals surface area contributed by atoms with Crippen LogP contribution in [0.1, 0.15) is 101 Å². The van der Waals surface area contributed by atoms with Gasteiger partial charge < -0.3 is 28.5 Å². The highest BCUT2D eigenvalue weighted by Gasteiger charge is 2.41. The molecule has 0 aliphatic carbocycles. The summed E-state index contributed by atoms with van der Waals surface area (Å²) < 4.78 is 30.7. The number of aliphatic hydroxyl groups excluding tert-OH is 1. The van der Waals surface area contributed by atoms with E-state index in [0.717, 1.165) is 6.42 Å². The molecule has 0 spiro atoms. The Morgan fingerprint density at radius 3 is 2.26 bits per heavy atom. The lowest BCUT2D eigenvalue weighted by atomic mass is 9.94. The van der Waals surface area contributed by atoms with Gasteiger partial charge in [-0.15, -0.1) is 0 Å². The number of unbranched alkanes of at least 4 members (excludes halogenated alkanes) is 3. The highest BCUT2D eigenvalue weighted by molar-refractivity contribution is 6.74. The molecule has 264 valence electrons. The van der Waals surface area contributed by atoms with Gasteiger partial charge in [-0.05, 0) is 84.2 Å². The maximum Gasteiger partial charge on any atom is 0.311 e. The van der Waals surface area contributed by atoms with E-state index in [-0.39, 0.29) is 23.0 Å². The molecule has 1 rings (SSSR count). The first-order valence-electron chi connectivity index (χ1n) is 17.3. The molecule has 1 aliphatic rings. The Morgan fingerprint density at radius 1 is 0.978 bits per heavy atom. The molecule has 8 heteroatoms. The number of aliphatic hydroxyl groups is 1. The molecule has 7 atom stereocenters. The number of carbonyl (C=O) groups excluding carboxylic acids is 1. The van der Waals surface area contributed by atoms with Gasteiger partial charge in [0.2, 0.25) is 0 Å². The Bertz CT molecular complexity index is 1020. The van der Waals surface area contributed by atoms with Crippen LogP contribution in [0.25, 0.3) is 0 Å². The third-order valence-electron chi connectivity index (χ3n) is 8.48. The predicted molar refractivity (Wildman–Crippen MR) is 192 cm³/mol. The molecule has 1 heterocycles. The van der Waals surface area contributed by atoms with Gasteiger partial charge >= 0.3 is 5.97 Å². The predicted octanol–water partition coefficient (Wildman–Crippen LogP) is 9.21. The van der Waals surface area contributed by atoms with Crippen molar-refractivity contribution in [2.45, 2.75) is 156 Å².